The number of benzene rings is 1. The smallest absolute Gasteiger partial charge is 0.192 e. The Morgan fingerprint density at radius 1 is 1.08 bits per heavy atom. The van der Waals surface area contributed by atoms with Crippen molar-refractivity contribution < 1.29 is 4.43 Å². The van der Waals surface area contributed by atoms with Crippen molar-refractivity contribution in [2.75, 3.05) is 0 Å². The summed E-state index contributed by atoms with van der Waals surface area (Å²) in [5.74, 6) is 1.34. The van der Waals surface area contributed by atoms with Crippen LogP contribution in [-0.2, 0) is 4.43 Å². The molecule has 1 nitrogen and oxygen atoms in total. The lowest BCUT2D eigenvalue weighted by atomic mass is 9.48. The van der Waals surface area contributed by atoms with Crippen LogP contribution in [0.1, 0.15) is 46.6 Å². The van der Waals surface area contributed by atoms with Crippen molar-refractivity contribution in [3.8, 4) is 0 Å². The van der Waals surface area contributed by atoms with Gasteiger partial charge in [0.2, 0.25) is 0 Å². The fourth-order valence-electron chi connectivity index (χ4n) is 4.07. The van der Waals surface area contributed by atoms with Gasteiger partial charge in [0.1, 0.15) is 0 Å². The first-order valence-corrected chi connectivity index (χ1v) is 12.6. The monoisotopic (exact) mass is 354 g/mol. The molecule has 1 saturated carbocycles. The molecule has 0 radical (unpaired) electrons. The molecule has 25 heavy (non-hydrogen) atoms. The fraction of sp³-hybridized carbons (Fsp3) is 0.565. The van der Waals surface area contributed by atoms with Gasteiger partial charge in [-0.05, 0) is 52.9 Å². The van der Waals surface area contributed by atoms with Crippen LogP contribution in [0.25, 0.3) is 6.08 Å². The molecule has 2 bridgehead atoms. The van der Waals surface area contributed by atoms with Gasteiger partial charge in [0.05, 0.1) is 6.10 Å². The van der Waals surface area contributed by atoms with Crippen molar-refractivity contribution in [1.29, 1.82) is 0 Å². The van der Waals surface area contributed by atoms with Gasteiger partial charge in [-0.15, -0.1) is 0 Å². The summed E-state index contributed by atoms with van der Waals surface area (Å²) < 4.78 is 6.84. The molecule has 1 fully saturated rings. The van der Waals surface area contributed by atoms with Crippen molar-refractivity contribution in [3.05, 3.63) is 53.6 Å². The maximum absolute atomic E-state index is 6.84. The van der Waals surface area contributed by atoms with Crippen LogP contribution in [0, 0.1) is 17.3 Å². The Morgan fingerprint density at radius 3 is 2.28 bits per heavy atom. The highest BCUT2D eigenvalue weighted by atomic mass is 28.4. The molecule has 0 aromatic heterocycles. The van der Waals surface area contributed by atoms with E-state index < -0.39 is 8.32 Å². The summed E-state index contributed by atoms with van der Waals surface area (Å²) in [6.07, 6.45) is 8.57. The van der Waals surface area contributed by atoms with E-state index in [1.807, 2.05) is 0 Å². The molecule has 0 heterocycles. The van der Waals surface area contributed by atoms with Crippen molar-refractivity contribution in [2.24, 2.45) is 17.3 Å². The SMILES string of the molecule is CC1(C)[C@@H]2C[C@H]1C(/C=C/c1ccccc1)=C[C@@H]2O[Si](C)(C)C(C)(C)C. The van der Waals surface area contributed by atoms with Crippen LogP contribution in [0.4, 0.5) is 0 Å². The maximum atomic E-state index is 6.84. The average Bonchev–Trinajstić information content (AvgIpc) is 2.51. The molecule has 0 unspecified atom stereocenters. The minimum absolute atomic E-state index is 0.256. The lowest BCUT2D eigenvalue weighted by molar-refractivity contribution is -0.0691. The zero-order chi connectivity index (χ0) is 18.5. The summed E-state index contributed by atoms with van der Waals surface area (Å²) in [6.45, 7) is 16.6. The summed E-state index contributed by atoms with van der Waals surface area (Å²) >= 11 is 0. The molecular weight excluding hydrogens is 320 g/mol. The Balaban J connectivity index is 1.86. The lowest BCUT2D eigenvalue weighted by Gasteiger charge is -2.60. The average molecular weight is 355 g/mol. The van der Waals surface area contributed by atoms with Gasteiger partial charge >= 0.3 is 0 Å². The zero-order valence-corrected chi connectivity index (χ0v) is 18.0. The van der Waals surface area contributed by atoms with Crippen LogP contribution in [0.15, 0.2) is 48.1 Å². The number of hydrogen-bond acceptors (Lipinski definition) is 1. The topological polar surface area (TPSA) is 9.23 Å². The third-order valence-electron chi connectivity index (χ3n) is 7.00. The minimum Gasteiger partial charge on any atom is -0.410 e. The molecule has 3 aliphatic rings. The second-order valence-corrected chi connectivity index (χ2v) is 14.7. The van der Waals surface area contributed by atoms with Crippen molar-refractivity contribution >= 4 is 14.4 Å². The van der Waals surface area contributed by atoms with Gasteiger partial charge in [-0.25, -0.2) is 0 Å². The first kappa shape index (κ1) is 18.7. The van der Waals surface area contributed by atoms with Crippen molar-refractivity contribution in [2.45, 2.75) is 65.3 Å². The number of allylic oxidation sites excluding steroid dienone is 2. The lowest BCUT2D eigenvalue weighted by Crippen LogP contribution is -2.57. The van der Waals surface area contributed by atoms with E-state index >= 15 is 0 Å². The molecule has 136 valence electrons. The van der Waals surface area contributed by atoms with Crippen molar-refractivity contribution in [3.63, 3.8) is 0 Å². The van der Waals surface area contributed by atoms with Gasteiger partial charge in [-0.1, -0.05) is 83.2 Å². The predicted molar refractivity (Wildman–Crippen MR) is 111 cm³/mol. The minimum atomic E-state index is -1.76. The van der Waals surface area contributed by atoms with Gasteiger partial charge in [0.25, 0.3) is 0 Å². The molecule has 3 aliphatic carbocycles. The number of rotatable bonds is 4. The maximum Gasteiger partial charge on any atom is 0.192 e. The van der Waals surface area contributed by atoms with E-state index in [0.717, 1.165) is 0 Å². The van der Waals surface area contributed by atoms with Gasteiger partial charge in [0, 0.05) is 0 Å². The summed E-state index contributed by atoms with van der Waals surface area (Å²) in [7, 11) is -1.76. The standard InChI is InChI=1S/C23H34OSi/c1-22(2,3)25(6,7)24-21-15-18(19-16-20(21)23(19,4)5)14-13-17-11-9-8-10-12-17/h8-15,19-21H,16H2,1-7H3/b14-13+/t19-,20+,21-/m0/s1. The van der Waals surface area contributed by atoms with Crippen LogP contribution >= 0.6 is 0 Å². The number of fused-ring (bicyclic) bond motifs is 1. The molecule has 0 N–H and O–H groups in total. The highest BCUT2D eigenvalue weighted by Crippen LogP contribution is 2.60. The summed E-state index contributed by atoms with van der Waals surface area (Å²) in [4.78, 5) is 0. The van der Waals surface area contributed by atoms with Gasteiger partial charge in [0.15, 0.2) is 8.32 Å². The van der Waals surface area contributed by atoms with E-state index in [4.69, 9.17) is 4.43 Å². The van der Waals surface area contributed by atoms with Crippen LogP contribution in [0.2, 0.25) is 18.1 Å². The van der Waals surface area contributed by atoms with E-state index in [-0.39, 0.29) is 11.1 Å². The molecular formula is C23H34OSi. The zero-order valence-electron chi connectivity index (χ0n) is 17.0. The van der Waals surface area contributed by atoms with Crippen LogP contribution < -0.4 is 0 Å². The highest BCUT2D eigenvalue weighted by molar-refractivity contribution is 6.74. The van der Waals surface area contributed by atoms with Crippen molar-refractivity contribution in [1.82, 2.24) is 0 Å². The molecule has 0 amide bonds. The van der Waals surface area contributed by atoms with Crippen LogP contribution in [0.5, 0.6) is 0 Å². The van der Waals surface area contributed by atoms with E-state index in [1.54, 1.807) is 0 Å². The Bertz CT molecular complexity index is 676. The second-order valence-electron chi connectivity index (χ2n) is 9.97. The Labute approximate surface area is 155 Å². The van der Waals surface area contributed by atoms with E-state index in [2.05, 4.69) is 96.3 Å². The van der Waals surface area contributed by atoms with E-state index in [0.29, 0.717) is 17.3 Å². The molecule has 0 aliphatic heterocycles. The third-order valence-corrected chi connectivity index (χ3v) is 11.5. The Morgan fingerprint density at radius 2 is 1.72 bits per heavy atom. The summed E-state index contributed by atoms with van der Waals surface area (Å²) in [6, 6.07) is 10.6. The molecule has 4 rings (SSSR count). The summed E-state index contributed by atoms with van der Waals surface area (Å²) in [5, 5.41) is 0.256. The van der Waals surface area contributed by atoms with Gasteiger partial charge in [-0.3, -0.25) is 0 Å². The molecule has 1 aromatic carbocycles. The van der Waals surface area contributed by atoms with Crippen LogP contribution in [0.3, 0.4) is 0 Å². The van der Waals surface area contributed by atoms with E-state index in [9.17, 15) is 0 Å². The van der Waals surface area contributed by atoms with Gasteiger partial charge < -0.3 is 4.43 Å². The molecule has 0 spiro atoms. The predicted octanol–water partition coefficient (Wildman–Crippen LogP) is 6.69. The Hall–Kier alpha value is -1.12. The van der Waals surface area contributed by atoms with Crippen LogP contribution in [-0.4, -0.2) is 14.4 Å². The Kier molecular flexibility index (Phi) is 4.66. The molecule has 2 heteroatoms. The largest absolute Gasteiger partial charge is 0.410 e. The number of hydrogen-bond donors (Lipinski definition) is 0. The third kappa shape index (κ3) is 3.43. The highest BCUT2D eigenvalue weighted by Gasteiger charge is 2.56. The first-order chi connectivity index (χ1) is 11.5. The van der Waals surface area contributed by atoms with Gasteiger partial charge in [-0.2, -0.15) is 0 Å². The normalized spacial score (nSPS) is 28.6. The quantitative estimate of drug-likeness (QED) is 0.547. The molecule has 0 saturated heterocycles. The first-order valence-electron chi connectivity index (χ1n) is 9.65. The molecule has 3 atom stereocenters. The second kappa shape index (κ2) is 6.24. The molecule has 1 aromatic rings. The fourth-order valence-corrected chi connectivity index (χ4v) is 5.33. The summed E-state index contributed by atoms with van der Waals surface area (Å²) in [5.41, 5.74) is 3.09. The van der Waals surface area contributed by atoms with E-state index in [1.165, 1.54) is 17.6 Å².